The zero-order valence-electron chi connectivity index (χ0n) is 16.0. The molecule has 0 aromatic carbocycles. The van der Waals surface area contributed by atoms with Crippen LogP contribution >= 0.6 is 0 Å². The molecule has 10 heteroatoms. The Morgan fingerprint density at radius 2 is 1.59 bits per heavy atom. The lowest BCUT2D eigenvalue weighted by atomic mass is 9.94. The van der Waals surface area contributed by atoms with Gasteiger partial charge in [-0.1, -0.05) is 36.5 Å². The molecule has 152 valence electrons. The van der Waals surface area contributed by atoms with Crippen LogP contribution in [-0.4, -0.2) is 42.8 Å². The standard InChI is InChI=1S/C19H18N3O2.BF4/c1-20-14-10-6-8-12-7-4-5-9-13(11-12)15(14)16-17(20)21(2)19(24)22(3)18(16)23;2-1(3,4)5/h4-10H,11H2,1-3H3;/q+1;-1. The number of allylic oxidation sites excluding steroid dienone is 8. The van der Waals surface area contributed by atoms with E-state index in [4.69, 9.17) is 0 Å². The minimum atomic E-state index is -6.00. The van der Waals surface area contributed by atoms with Crippen LogP contribution in [0, 0.1) is 0 Å². The summed E-state index contributed by atoms with van der Waals surface area (Å²) >= 11 is 0. The Morgan fingerprint density at radius 1 is 0.966 bits per heavy atom. The molecule has 4 rings (SSSR count). The lowest BCUT2D eigenvalue weighted by Gasteiger charge is -2.16. The van der Waals surface area contributed by atoms with Crippen LogP contribution < -0.4 is 15.4 Å². The predicted octanol–water partition coefficient (Wildman–Crippen LogP) is 2.27. The zero-order valence-corrected chi connectivity index (χ0v) is 16.0. The van der Waals surface area contributed by atoms with Gasteiger partial charge in [0.2, 0.25) is 5.49 Å². The number of rotatable bonds is 0. The number of hydrogen-bond donors (Lipinski definition) is 0. The molecule has 5 nitrogen and oxygen atoms in total. The first kappa shape index (κ1) is 20.6. The lowest BCUT2D eigenvalue weighted by Crippen LogP contribution is -2.53. The maximum absolute atomic E-state index is 12.9. The first-order valence-electron chi connectivity index (χ1n) is 8.74. The molecule has 0 spiro atoms. The number of amides is 3. The Labute approximate surface area is 164 Å². The second-order valence-corrected chi connectivity index (χ2v) is 6.74. The molecule has 0 saturated carbocycles. The number of carbonyl (C=O) groups is 2. The summed E-state index contributed by atoms with van der Waals surface area (Å²) in [7, 11) is -0.863. The van der Waals surface area contributed by atoms with Gasteiger partial charge in [0.25, 0.3) is 0 Å². The summed E-state index contributed by atoms with van der Waals surface area (Å²) in [6.45, 7) is 0. The average Bonchev–Trinajstić information content (AvgIpc) is 2.77. The number of hydrogen-bond acceptors (Lipinski definition) is 2. The zero-order chi connectivity index (χ0) is 21.5. The van der Waals surface area contributed by atoms with Crippen molar-refractivity contribution in [2.24, 2.45) is 7.05 Å². The summed E-state index contributed by atoms with van der Waals surface area (Å²) in [6.07, 6.45) is 15.0. The maximum atomic E-state index is 12.9. The van der Waals surface area contributed by atoms with Crippen molar-refractivity contribution < 1.29 is 26.9 Å². The number of nitrogens with zero attached hydrogens (tertiary/aromatic N) is 3. The van der Waals surface area contributed by atoms with E-state index in [1.807, 2.05) is 35.9 Å². The molecule has 2 aliphatic carbocycles. The third-order valence-electron chi connectivity index (χ3n) is 4.82. The molecule has 2 heterocycles. The van der Waals surface area contributed by atoms with Crippen molar-refractivity contribution in [2.75, 3.05) is 14.1 Å². The van der Waals surface area contributed by atoms with Crippen LogP contribution in [0.3, 0.4) is 0 Å². The van der Waals surface area contributed by atoms with Crippen molar-refractivity contribution in [1.29, 1.82) is 0 Å². The van der Waals surface area contributed by atoms with Crippen LogP contribution in [0.15, 0.2) is 42.0 Å². The second kappa shape index (κ2) is 7.34. The highest BCUT2D eigenvalue weighted by molar-refractivity contribution is 6.50. The molecule has 1 aromatic rings. The van der Waals surface area contributed by atoms with Gasteiger partial charge in [-0.25, -0.2) is 9.59 Å². The van der Waals surface area contributed by atoms with E-state index in [1.54, 1.807) is 11.6 Å². The first-order chi connectivity index (χ1) is 13.5. The topological polar surface area (TPSA) is 45.3 Å². The largest absolute Gasteiger partial charge is 0.673 e. The summed E-state index contributed by atoms with van der Waals surface area (Å²) < 4.78 is 42.5. The normalized spacial score (nSPS) is 17.8. The minimum absolute atomic E-state index is 0.248. The van der Waals surface area contributed by atoms with Gasteiger partial charge in [-0.3, -0.25) is 4.57 Å². The monoisotopic (exact) mass is 407 g/mol. The summed E-state index contributed by atoms with van der Waals surface area (Å²) in [4.78, 5) is 26.4. The minimum Gasteiger partial charge on any atom is -0.418 e. The highest BCUT2D eigenvalue weighted by atomic mass is 19.5. The van der Waals surface area contributed by atoms with E-state index in [0.717, 1.165) is 22.9 Å². The molecular weight excluding hydrogens is 389 g/mol. The molecule has 0 atom stereocenters. The highest BCUT2D eigenvalue weighted by Crippen LogP contribution is 2.27. The van der Waals surface area contributed by atoms with E-state index in [9.17, 15) is 26.9 Å². The number of halogens is 4. The van der Waals surface area contributed by atoms with Gasteiger partial charge >= 0.3 is 19.2 Å². The molecule has 1 aromatic heterocycles. The fraction of sp³-hybridized carbons (Fsp3) is 0.211. The molecule has 0 saturated heterocycles. The van der Waals surface area contributed by atoms with Crippen LogP contribution in [-0.2, 0) is 7.05 Å². The van der Waals surface area contributed by atoms with E-state index < -0.39 is 7.25 Å². The van der Waals surface area contributed by atoms with Gasteiger partial charge in [0.1, 0.15) is 10.9 Å². The molecule has 2 bridgehead atoms. The van der Waals surface area contributed by atoms with Gasteiger partial charge in [-0.05, 0) is 23.6 Å². The van der Waals surface area contributed by atoms with Crippen molar-refractivity contribution in [3.05, 3.63) is 64.0 Å². The van der Waals surface area contributed by atoms with Crippen molar-refractivity contribution in [3.8, 4) is 0 Å². The smallest absolute Gasteiger partial charge is 0.418 e. The summed E-state index contributed by atoms with van der Waals surface area (Å²) in [5.74, 6) is -0.248. The third-order valence-corrected chi connectivity index (χ3v) is 4.82. The Balaban J connectivity index is 0.000000431. The molecule has 0 radical (unpaired) electrons. The first-order valence-corrected chi connectivity index (χ1v) is 8.74. The van der Waals surface area contributed by atoms with Crippen molar-refractivity contribution in [1.82, 2.24) is 14.0 Å². The van der Waals surface area contributed by atoms with Gasteiger partial charge in [-0.2, -0.15) is 9.48 Å². The van der Waals surface area contributed by atoms with Crippen molar-refractivity contribution in [3.63, 3.8) is 0 Å². The van der Waals surface area contributed by atoms with Crippen LogP contribution in [0.5, 0.6) is 0 Å². The maximum Gasteiger partial charge on any atom is 0.673 e. The van der Waals surface area contributed by atoms with Crippen LogP contribution in [0.2, 0.25) is 0 Å². The van der Waals surface area contributed by atoms with Crippen molar-refractivity contribution in [2.45, 2.75) is 6.42 Å². The van der Waals surface area contributed by atoms with E-state index in [1.165, 1.54) is 17.5 Å². The Morgan fingerprint density at radius 3 is 2.24 bits per heavy atom. The summed E-state index contributed by atoms with van der Waals surface area (Å²) in [6, 6.07) is -0.313. The number of aromatic nitrogens is 1. The predicted molar refractivity (Wildman–Crippen MR) is 103 cm³/mol. The quantitative estimate of drug-likeness (QED) is 0.377. The molecule has 3 amide bonds. The number of carbonyl (C=O) groups excluding carboxylic acids is 2. The molecule has 0 N–H and O–H groups in total. The van der Waals surface area contributed by atoms with Gasteiger partial charge in [0, 0.05) is 5.56 Å². The van der Waals surface area contributed by atoms with E-state index in [0.29, 0.717) is 11.1 Å². The Bertz CT molecular complexity index is 1150. The molecule has 3 aliphatic rings. The summed E-state index contributed by atoms with van der Waals surface area (Å²) in [5.41, 5.74) is 4.46. The number of imide groups is 1. The highest BCUT2D eigenvalue weighted by Gasteiger charge is 2.39. The SMILES string of the molecule is CN1C(=O)c2c3c(n(C)c2=[N+](C)C1=O)=CC=CC1=CC=CC=C3C1.F[B-](F)(F)F. The molecular formula is C19H18BF4N3O2. The van der Waals surface area contributed by atoms with Crippen LogP contribution in [0.4, 0.5) is 22.1 Å². The molecule has 0 fully saturated rings. The average molecular weight is 407 g/mol. The van der Waals surface area contributed by atoms with Crippen molar-refractivity contribution >= 4 is 30.8 Å². The number of urea groups is 1. The van der Waals surface area contributed by atoms with Crippen LogP contribution in [0.1, 0.15) is 22.3 Å². The Kier molecular flexibility index (Phi) is 5.21. The lowest BCUT2D eigenvalue weighted by molar-refractivity contribution is 0.0813. The summed E-state index contributed by atoms with van der Waals surface area (Å²) in [5, 5.41) is 0.945. The number of fused-ring (bicyclic) bond motifs is 6. The van der Waals surface area contributed by atoms with E-state index in [2.05, 4.69) is 18.2 Å². The third kappa shape index (κ3) is 3.87. The van der Waals surface area contributed by atoms with E-state index >= 15 is 0 Å². The fourth-order valence-corrected chi connectivity index (χ4v) is 3.61. The van der Waals surface area contributed by atoms with E-state index in [-0.39, 0.29) is 11.9 Å². The molecule has 1 aliphatic heterocycles. The van der Waals surface area contributed by atoms with Gasteiger partial charge < -0.3 is 17.3 Å². The second-order valence-electron chi connectivity index (χ2n) is 6.74. The fourth-order valence-electron chi connectivity index (χ4n) is 3.61. The van der Waals surface area contributed by atoms with Gasteiger partial charge in [0.05, 0.1) is 21.1 Å². The Hall–Kier alpha value is -3.17. The molecule has 0 unspecified atom stereocenters. The molecule has 29 heavy (non-hydrogen) atoms. The van der Waals surface area contributed by atoms with Gasteiger partial charge in [0.15, 0.2) is 0 Å². The van der Waals surface area contributed by atoms with Crippen LogP contribution in [0.25, 0.3) is 11.6 Å². The van der Waals surface area contributed by atoms with Gasteiger partial charge in [-0.15, -0.1) is 0 Å².